The molecule has 1 aromatic heterocycles. The Bertz CT molecular complexity index is 660. The molecule has 0 saturated carbocycles. The summed E-state index contributed by atoms with van der Waals surface area (Å²) >= 11 is 3.35. The summed E-state index contributed by atoms with van der Waals surface area (Å²) in [6.07, 6.45) is 0. The summed E-state index contributed by atoms with van der Waals surface area (Å²) in [5, 5.41) is 9.14. The number of nitrogens with one attached hydrogen (secondary N) is 3. The van der Waals surface area contributed by atoms with Crippen molar-refractivity contribution in [3.63, 3.8) is 0 Å². The lowest BCUT2D eigenvalue weighted by molar-refractivity contribution is 0.0955. The first-order valence-corrected chi connectivity index (χ1v) is 8.25. The molecule has 2 rings (SSSR count). The Hall–Kier alpha value is -2.15. The van der Waals surface area contributed by atoms with Gasteiger partial charge in [-0.15, -0.1) is 0 Å². The smallest absolute Gasteiger partial charge is 0.251 e. The molecule has 0 atom stereocenters. The van der Waals surface area contributed by atoms with Crippen LogP contribution in [-0.4, -0.2) is 35.5 Å². The maximum atomic E-state index is 12.0. The number of aryl methyl sites for hydroxylation is 1. The molecule has 1 heterocycles. The normalized spacial score (nSPS) is 10.2. The lowest BCUT2D eigenvalue weighted by atomic mass is 10.2. The summed E-state index contributed by atoms with van der Waals surface area (Å²) in [4.78, 5) is 20.6. The molecule has 23 heavy (non-hydrogen) atoms. The van der Waals surface area contributed by atoms with Crippen molar-refractivity contribution in [2.75, 3.05) is 30.3 Å². The molecule has 3 N–H and O–H groups in total. The molecular weight excluding hydrogens is 358 g/mol. The molecule has 0 unspecified atom stereocenters. The maximum Gasteiger partial charge on any atom is 0.251 e. The second-order valence-electron chi connectivity index (χ2n) is 4.94. The molecule has 0 saturated heterocycles. The molecule has 0 aliphatic heterocycles. The summed E-state index contributed by atoms with van der Waals surface area (Å²) in [6, 6.07) is 9.13. The second kappa shape index (κ2) is 8.47. The molecule has 7 heteroatoms. The third-order valence-electron chi connectivity index (χ3n) is 3.01. The number of nitrogens with zero attached hydrogens (tertiary/aromatic N) is 2. The predicted octanol–water partition coefficient (Wildman–Crippen LogP) is 2.82. The van der Waals surface area contributed by atoms with E-state index in [0.717, 1.165) is 22.5 Å². The van der Waals surface area contributed by atoms with Gasteiger partial charge in [-0.05, 0) is 38.1 Å². The van der Waals surface area contributed by atoms with E-state index in [1.165, 1.54) is 0 Å². The van der Waals surface area contributed by atoms with Crippen molar-refractivity contribution in [3.05, 3.63) is 46.1 Å². The van der Waals surface area contributed by atoms with Crippen LogP contribution < -0.4 is 16.0 Å². The van der Waals surface area contributed by atoms with Crippen LogP contribution in [0, 0.1) is 6.92 Å². The number of aromatic nitrogens is 2. The highest BCUT2D eigenvalue weighted by Crippen LogP contribution is 2.10. The van der Waals surface area contributed by atoms with Gasteiger partial charge in [-0.2, -0.15) is 4.98 Å². The van der Waals surface area contributed by atoms with Gasteiger partial charge in [0.05, 0.1) is 0 Å². The molecule has 122 valence electrons. The van der Waals surface area contributed by atoms with Gasteiger partial charge < -0.3 is 16.0 Å². The van der Waals surface area contributed by atoms with Crippen molar-refractivity contribution in [3.8, 4) is 0 Å². The number of amides is 1. The van der Waals surface area contributed by atoms with E-state index in [4.69, 9.17) is 0 Å². The first-order valence-electron chi connectivity index (χ1n) is 7.45. The van der Waals surface area contributed by atoms with Crippen LogP contribution in [0.5, 0.6) is 0 Å². The molecule has 1 amide bonds. The quantitative estimate of drug-likeness (QED) is 0.646. The van der Waals surface area contributed by atoms with Gasteiger partial charge in [-0.1, -0.05) is 15.9 Å². The highest BCUT2D eigenvalue weighted by Gasteiger charge is 2.05. The monoisotopic (exact) mass is 377 g/mol. The van der Waals surface area contributed by atoms with Gasteiger partial charge >= 0.3 is 0 Å². The molecule has 6 nitrogen and oxygen atoms in total. The number of carbonyl (C=O) groups is 1. The third kappa shape index (κ3) is 5.52. The average Bonchev–Trinajstić information content (AvgIpc) is 2.52. The second-order valence-corrected chi connectivity index (χ2v) is 5.85. The Balaban J connectivity index is 1.81. The lowest BCUT2D eigenvalue weighted by Gasteiger charge is -2.10. The Morgan fingerprint density at radius 1 is 1.13 bits per heavy atom. The molecule has 0 aliphatic carbocycles. The van der Waals surface area contributed by atoms with Crippen LogP contribution in [-0.2, 0) is 0 Å². The van der Waals surface area contributed by atoms with Crippen LogP contribution in [0.1, 0.15) is 23.0 Å². The van der Waals surface area contributed by atoms with Gasteiger partial charge in [0, 0.05) is 41.4 Å². The molecule has 2 aromatic rings. The Morgan fingerprint density at radius 3 is 2.57 bits per heavy atom. The highest BCUT2D eigenvalue weighted by molar-refractivity contribution is 9.10. The van der Waals surface area contributed by atoms with Gasteiger partial charge in [0.1, 0.15) is 5.82 Å². The average molecular weight is 378 g/mol. The van der Waals surface area contributed by atoms with Crippen LogP contribution in [0.25, 0.3) is 0 Å². The maximum absolute atomic E-state index is 12.0. The van der Waals surface area contributed by atoms with Gasteiger partial charge in [0.15, 0.2) is 0 Å². The number of benzene rings is 1. The number of hydrogen-bond acceptors (Lipinski definition) is 5. The van der Waals surface area contributed by atoms with E-state index in [1.54, 1.807) is 12.1 Å². The van der Waals surface area contributed by atoms with Gasteiger partial charge in [0.25, 0.3) is 5.91 Å². The SMILES string of the molecule is CCNc1nc(C)cc(NCCNC(=O)c2ccc(Br)cc2)n1. The van der Waals surface area contributed by atoms with E-state index in [0.29, 0.717) is 24.6 Å². The topological polar surface area (TPSA) is 78.9 Å². The fraction of sp³-hybridized carbons (Fsp3) is 0.312. The molecule has 0 aliphatic rings. The number of carbonyl (C=O) groups excluding carboxylic acids is 1. The fourth-order valence-electron chi connectivity index (χ4n) is 1.97. The minimum atomic E-state index is -0.0912. The van der Waals surface area contributed by atoms with Crippen molar-refractivity contribution in [1.29, 1.82) is 0 Å². The van der Waals surface area contributed by atoms with Gasteiger partial charge in [-0.3, -0.25) is 4.79 Å². The Kier molecular flexibility index (Phi) is 6.34. The van der Waals surface area contributed by atoms with E-state index in [9.17, 15) is 4.79 Å². The molecular formula is C16H20BrN5O. The van der Waals surface area contributed by atoms with Gasteiger partial charge in [0.2, 0.25) is 5.95 Å². The Morgan fingerprint density at radius 2 is 1.87 bits per heavy atom. The third-order valence-corrected chi connectivity index (χ3v) is 3.54. The lowest BCUT2D eigenvalue weighted by Crippen LogP contribution is -2.28. The van der Waals surface area contributed by atoms with Crippen LogP contribution in [0.4, 0.5) is 11.8 Å². The first-order chi connectivity index (χ1) is 11.1. The predicted molar refractivity (Wildman–Crippen MR) is 95.9 cm³/mol. The molecule has 0 radical (unpaired) electrons. The highest BCUT2D eigenvalue weighted by atomic mass is 79.9. The van der Waals surface area contributed by atoms with E-state index in [1.807, 2.05) is 32.0 Å². The fourth-order valence-corrected chi connectivity index (χ4v) is 2.23. The molecule has 1 aromatic carbocycles. The van der Waals surface area contributed by atoms with Crippen LogP contribution in [0.2, 0.25) is 0 Å². The summed E-state index contributed by atoms with van der Waals surface area (Å²) in [5.74, 6) is 1.26. The van der Waals surface area contributed by atoms with Crippen LogP contribution >= 0.6 is 15.9 Å². The molecule has 0 spiro atoms. The van der Waals surface area contributed by atoms with Crippen molar-refractivity contribution in [2.24, 2.45) is 0 Å². The summed E-state index contributed by atoms with van der Waals surface area (Å²) in [7, 11) is 0. The van der Waals surface area contributed by atoms with Gasteiger partial charge in [-0.25, -0.2) is 4.98 Å². The minimum absolute atomic E-state index is 0.0912. The zero-order valence-electron chi connectivity index (χ0n) is 13.2. The largest absolute Gasteiger partial charge is 0.368 e. The zero-order chi connectivity index (χ0) is 16.7. The van der Waals surface area contributed by atoms with E-state index >= 15 is 0 Å². The van der Waals surface area contributed by atoms with E-state index < -0.39 is 0 Å². The number of rotatable bonds is 7. The van der Waals surface area contributed by atoms with E-state index in [-0.39, 0.29) is 5.91 Å². The number of anilines is 2. The first kappa shape index (κ1) is 17.2. The van der Waals surface area contributed by atoms with Crippen molar-refractivity contribution >= 4 is 33.6 Å². The van der Waals surface area contributed by atoms with Crippen molar-refractivity contribution in [2.45, 2.75) is 13.8 Å². The number of hydrogen-bond donors (Lipinski definition) is 3. The van der Waals surface area contributed by atoms with Crippen LogP contribution in [0.15, 0.2) is 34.8 Å². The summed E-state index contributed by atoms with van der Waals surface area (Å²) in [5.41, 5.74) is 1.53. The summed E-state index contributed by atoms with van der Waals surface area (Å²) in [6.45, 7) is 5.78. The van der Waals surface area contributed by atoms with E-state index in [2.05, 4.69) is 41.8 Å². The summed E-state index contributed by atoms with van der Waals surface area (Å²) < 4.78 is 0.950. The van der Waals surface area contributed by atoms with Crippen molar-refractivity contribution in [1.82, 2.24) is 15.3 Å². The molecule has 0 bridgehead atoms. The van der Waals surface area contributed by atoms with Crippen LogP contribution in [0.3, 0.4) is 0 Å². The standard InChI is InChI=1S/C16H20BrN5O/c1-3-18-16-21-11(2)10-14(22-16)19-8-9-20-15(23)12-4-6-13(17)7-5-12/h4-7,10H,3,8-9H2,1-2H3,(H,20,23)(H2,18,19,21,22). The Labute approximate surface area is 144 Å². The zero-order valence-corrected chi connectivity index (χ0v) is 14.8. The van der Waals surface area contributed by atoms with Crippen molar-refractivity contribution < 1.29 is 4.79 Å². The number of halogens is 1. The minimum Gasteiger partial charge on any atom is -0.368 e. The molecule has 0 fully saturated rings.